The first-order chi connectivity index (χ1) is 10.6. The summed E-state index contributed by atoms with van der Waals surface area (Å²) in [6.07, 6.45) is -0.494. The Kier molecular flexibility index (Phi) is 6.93. The number of alkyl halides is 1. The highest BCUT2D eigenvalue weighted by Crippen LogP contribution is 2.19. The lowest BCUT2D eigenvalue weighted by Gasteiger charge is -2.29. The number of carboxylic acid groups (broad SMARTS) is 1. The van der Waals surface area contributed by atoms with Gasteiger partial charge in [-0.25, -0.2) is 9.59 Å². The minimum Gasteiger partial charge on any atom is -0.465 e. The summed E-state index contributed by atoms with van der Waals surface area (Å²) < 4.78 is 9.90. The zero-order valence-electron chi connectivity index (χ0n) is 13.6. The van der Waals surface area contributed by atoms with Gasteiger partial charge in [-0.3, -0.25) is 9.69 Å². The molecule has 1 heterocycles. The van der Waals surface area contributed by atoms with Gasteiger partial charge in [0, 0.05) is 13.1 Å². The van der Waals surface area contributed by atoms with Crippen LogP contribution in [0.5, 0.6) is 0 Å². The van der Waals surface area contributed by atoms with Gasteiger partial charge in [-0.05, 0) is 33.6 Å². The van der Waals surface area contributed by atoms with Crippen LogP contribution >= 0.6 is 11.6 Å². The largest absolute Gasteiger partial charge is 0.465 e. The van der Waals surface area contributed by atoms with Crippen molar-refractivity contribution >= 4 is 29.8 Å². The molecule has 0 bridgehead atoms. The molecule has 23 heavy (non-hydrogen) atoms. The number of nitrogens with zero attached hydrogens (tertiary/aromatic N) is 2. The number of carbonyl (C=O) groups excluding carboxylic acids is 2. The Hall–Kier alpha value is -1.70. The fraction of sp³-hybridized carbons (Fsp3) is 0.786. The van der Waals surface area contributed by atoms with Crippen molar-refractivity contribution < 1.29 is 29.0 Å². The monoisotopic (exact) mass is 350 g/mol. The lowest BCUT2D eigenvalue weighted by atomic mass is 10.2. The maximum absolute atomic E-state index is 12.0. The molecule has 0 aliphatic carbocycles. The fourth-order valence-electron chi connectivity index (χ4n) is 2.40. The molecule has 0 aromatic carbocycles. The van der Waals surface area contributed by atoms with Gasteiger partial charge in [0.1, 0.15) is 12.1 Å². The van der Waals surface area contributed by atoms with Crippen LogP contribution in [0.1, 0.15) is 33.6 Å². The first kappa shape index (κ1) is 19.3. The van der Waals surface area contributed by atoms with Crippen molar-refractivity contribution in [1.82, 2.24) is 9.80 Å². The minimum atomic E-state index is -1.05. The summed E-state index contributed by atoms with van der Waals surface area (Å²) in [7, 11) is 0. The normalized spacial score (nSPS) is 17.7. The number of carbonyl (C=O) groups is 3. The average molecular weight is 351 g/mol. The number of halogens is 1. The van der Waals surface area contributed by atoms with Gasteiger partial charge < -0.3 is 19.5 Å². The lowest BCUT2D eigenvalue weighted by molar-refractivity contribution is -0.155. The van der Waals surface area contributed by atoms with Gasteiger partial charge in [0.05, 0.1) is 6.04 Å². The molecule has 1 atom stereocenters. The molecular formula is C14H23ClN2O6. The number of likely N-dealkylation sites (tertiary alicyclic amines) is 1. The molecule has 1 aliphatic rings. The van der Waals surface area contributed by atoms with E-state index in [1.165, 1.54) is 4.90 Å². The Morgan fingerprint density at radius 1 is 1.35 bits per heavy atom. The first-order valence-electron chi connectivity index (χ1n) is 7.33. The third-order valence-electron chi connectivity index (χ3n) is 3.23. The summed E-state index contributed by atoms with van der Waals surface area (Å²) in [4.78, 5) is 37.5. The van der Waals surface area contributed by atoms with Crippen molar-refractivity contribution in [3.8, 4) is 0 Å². The van der Waals surface area contributed by atoms with Gasteiger partial charge in [-0.1, -0.05) is 11.6 Å². The predicted octanol–water partition coefficient (Wildman–Crippen LogP) is 2.11. The van der Waals surface area contributed by atoms with Gasteiger partial charge >= 0.3 is 18.2 Å². The third-order valence-corrected chi connectivity index (χ3v) is 3.34. The van der Waals surface area contributed by atoms with Gasteiger partial charge in [-0.2, -0.15) is 0 Å². The molecule has 1 aliphatic heterocycles. The van der Waals surface area contributed by atoms with E-state index in [9.17, 15) is 14.4 Å². The summed E-state index contributed by atoms with van der Waals surface area (Å²) in [5, 5.41) is 9.15. The van der Waals surface area contributed by atoms with E-state index in [0.717, 1.165) is 4.90 Å². The number of rotatable bonds is 5. The van der Waals surface area contributed by atoms with Crippen LogP contribution in [0, 0.1) is 0 Å². The number of hydrogen-bond acceptors (Lipinski definition) is 5. The highest BCUT2D eigenvalue weighted by Gasteiger charge is 2.33. The second kappa shape index (κ2) is 8.24. The van der Waals surface area contributed by atoms with Gasteiger partial charge in [-0.15, -0.1) is 0 Å². The summed E-state index contributed by atoms with van der Waals surface area (Å²) in [6, 6.07) is -0.727. The van der Waals surface area contributed by atoms with Gasteiger partial charge in [0.15, 0.2) is 6.07 Å². The van der Waals surface area contributed by atoms with Crippen molar-refractivity contribution in [3.05, 3.63) is 0 Å². The molecule has 0 radical (unpaired) electrons. The Labute approximate surface area is 140 Å². The summed E-state index contributed by atoms with van der Waals surface area (Å²) in [6.45, 7) is 5.30. The Bertz CT molecular complexity index is 451. The number of amides is 2. The minimum absolute atomic E-state index is 0.0568. The molecule has 1 fully saturated rings. The van der Waals surface area contributed by atoms with Crippen LogP contribution in [0.3, 0.4) is 0 Å². The predicted molar refractivity (Wildman–Crippen MR) is 82.4 cm³/mol. The van der Waals surface area contributed by atoms with Gasteiger partial charge in [0.2, 0.25) is 0 Å². The maximum Gasteiger partial charge on any atom is 0.411 e. The van der Waals surface area contributed by atoms with E-state index in [-0.39, 0.29) is 25.2 Å². The fourth-order valence-corrected chi connectivity index (χ4v) is 2.50. The second-order valence-electron chi connectivity index (χ2n) is 6.26. The van der Waals surface area contributed by atoms with E-state index >= 15 is 0 Å². The van der Waals surface area contributed by atoms with Gasteiger partial charge in [0.25, 0.3) is 0 Å². The molecule has 1 saturated heterocycles. The maximum atomic E-state index is 12.0. The smallest absolute Gasteiger partial charge is 0.411 e. The molecule has 0 saturated carbocycles. The molecule has 9 heteroatoms. The summed E-state index contributed by atoms with van der Waals surface area (Å²) in [5.74, 6) is -0.594. The summed E-state index contributed by atoms with van der Waals surface area (Å²) >= 11 is 5.39. The number of esters is 1. The molecule has 1 rings (SSSR count). The Morgan fingerprint density at radius 3 is 2.52 bits per heavy atom. The van der Waals surface area contributed by atoms with Crippen LogP contribution in [-0.2, 0) is 14.3 Å². The lowest BCUT2D eigenvalue weighted by Crippen LogP contribution is -2.47. The molecule has 1 unspecified atom stereocenters. The van der Waals surface area contributed by atoms with Crippen molar-refractivity contribution in [2.75, 3.05) is 25.7 Å². The standard InChI is InChI=1S/C14H23ClN2O6/c1-14(2,3)23-11(18)8-16(13(21)22-9-15)7-10-5-4-6-17(10)12(19)20/h10H,4-9H2,1-3H3,(H,19,20). The highest BCUT2D eigenvalue weighted by molar-refractivity contribution is 6.17. The molecule has 0 spiro atoms. The van der Waals surface area contributed by atoms with E-state index in [0.29, 0.717) is 19.4 Å². The second-order valence-corrected chi connectivity index (χ2v) is 6.48. The van der Waals surface area contributed by atoms with E-state index in [1.54, 1.807) is 20.8 Å². The van der Waals surface area contributed by atoms with E-state index < -0.39 is 23.8 Å². The third kappa shape index (κ3) is 6.52. The molecule has 1 N–H and O–H groups in total. The van der Waals surface area contributed by atoms with Crippen LogP contribution in [0.2, 0.25) is 0 Å². The molecule has 0 aromatic heterocycles. The highest BCUT2D eigenvalue weighted by atomic mass is 35.5. The molecule has 2 amide bonds. The van der Waals surface area contributed by atoms with Crippen LogP contribution < -0.4 is 0 Å². The zero-order valence-corrected chi connectivity index (χ0v) is 14.3. The quantitative estimate of drug-likeness (QED) is 0.602. The van der Waals surface area contributed by atoms with Crippen molar-refractivity contribution in [3.63, 3.8) is 0 Å². The molecular weight excluding hydrogens is 328 g/mol. The molecule has 8 nitrogen and oxygen atoms in total. The zero-order chi connectivity index (χ0) is 17.6. The van der Waals surface area contributed by atoms with Crippen molar-refractivity contribution in [2.45, 2.75) is 45.3 Å². The topological polar surface area (TPSA) is 96.4 Å². The van der Waals surface area contributed by atoms with E-state index in [4.69, 9.17) is 26.2 Å². The van der Waals surface area contributed by atoms with Crippen LogP contribution in [0.25, 0.3) is 0 Å². The molecule has 0 aromatic rings. The van der Waals surface area contributed by atoms with Crippen molar-refractivity contribution in [1.29, 1.82) is 0 Å². The first-order valence-corrected chi connectivity index (χ1v) is 7.86. The number of ether oxygens (including phenoxy) is 2. The molecule has 132 valence electrons. The summed E-state index contributed by atoms with van der Waals surface area (Å²) in [5.41, 5.74) is -0.681. The van der Waals surface area contributed by atoms with Crippen LogP contribution in [-0.4, -0.2) is 70.4 Å². The SMILES string of the molecule is CC(C)(C)OC(=O)CN(CC1CCCN1C(=O)O)C(=O)OCCl. The Balaban J connectivity index is 2.74. The van der Waals surface area contributed by atoms with Crippen LogP contribution in [0.4, 0.5) is 9.59 Å². The van der Waals surface area contributed by atoms with E-state index in [2.05, 4.69) is 0 Å². The van der Waals surface area contributed by atoms with Crippen molar-refractivity contribution in [2.24, 2.45) is 0 Å². The van der Waals surface area contributed by atoms with Crippen LogP contribution in [0.15, 0.2) is 0 Å². The van der Waals surface area contributed by atoms with E-state index in [1.807, 2.05) is 0 Å². The number of hydrogen-bond donors (Lipinski definition) is 1. The average Bonchev–Trinajstić information content (AvgIpc) is 2.84. The Morgan fingerprint density at radius 2 is 2.00 bits per heavy atom.